The average molecular weight is 295 g/mol. The van der Waals surface area contributed by atoms with E-state index < -0.39 is 11.5 Å². The molecule has 0 unspecified atom stereocenters. The van der Waals surface area contributed by atoms with Crippen LogP contribution in [0.3, 0.4) is 0 Å². The van der Waals surface area contributed by atoms with Crippen molar-refractivity contribution in [3.8, 4) is 0 Å². The lowest BCUT2D eigenvalue weighted by molar-refractivity contribution is -0.139. The Morgan fingerprint density at radius 3 is 2.29 bits per heavy atom. The molecule has 0 atom stereocenters. The van der Waals surface area contributed by atoms with Gasteiger partial charge in [0.25, 0.3) is 0 Å². The molecule has 2 N–H and O–H groups in total. The van der Waals surface area contributed by atoms with Crippen LogP contribution in [0.25, 0.3) is 0 Å². The van der Waals surface area contributed by atoms with Gasteiger partial charge >= 0.3 is 12.0 Å². The van der Waals surface area contributed by atoms with Crippen molar-refractivity contribution < 1.29 is 14.7 Å². The minimum absolute atomic E-state index is 0.0420. The topological polar surface area (TPSA) is 72.9 Å². The number of hydrogen-bond acceptors (Lipinski definition) is 3. The summed E-state index contributed by atoms with van der Waals surface area (Å²) in [6.45, 7) is 4.56. The second kappa shape index (κ2) is 5.83. The largest absolute Gasteiger partial charge is 0.481 e. The van der Waals surface area contributed by atoms with Gasteiger partial charge in [0, 0.05) is 32.7 Å². The summed E-state index contributed by atoms with van der Waals surface area (Å²) >= 11 is 0. The first-order valence-electron chi connectivity index (χ1n) is 8.08. The Kier molecular flexibility index (Phi) is 4.06. The van der Waals surface area contributed by atoms with E-state index in [1.54, 1.807) is 0 Å². The molecular weight excluding hydrogens is 270 g/mol. The maximum atomic E-state index is 12.3. The number of amides is 2. The highest BCUT2D eigenvalue weighted by molar-refractivity contribution is 5.77. The molecule has 0 bridgehead atoms. The Hall–Kier alpha value is -1.30. The fourth-order valence-corrected chi connectivity index (χ4v) is 3.34. The number of nitrogens with one attached hydrogen (secondary N) is 1. The summed E-state index contributed by atoms with van der Waals surface area (Å²) in [5.74, 6) is 0.0587. The Morgan fingerprint density at radius 2 is 1.81 bits per heavy atom. The van der Waals surface area contributed by atoms with E-state index >= 15 is 0 Å². The number of rotatable bonds is 5. The van der Waals surface area contributed by atoms with Crippen LogP contribution >= 0.6 is 0 Å². The average Bonchev–Trinajstić information content (AvgIpc) is 3.20. The van der Waals surface area contributed by atoms with Gasteiger partial charge < -0.3 is 15.3 Å². The van der Waals surface area contributed by atoms with Crippen molar-refractivity contribution in [2.75, 3.05) is 32.7 Å². The zero-order chi connectivity index (χ0) is 14.9. The third-order valence-electron chi connectivity index (χ3n) is 5.05. The summed E-state index contributed by atoms with van der Waals surface area (Å²) in [6.07, 6.45) is 5.33. The van der Waals surface area contributed by atoms with Crippen LogP contribution < -0.4 is 5.32 Å². The van der Waals surface area contributed by atoms with Gasteiger partial charge in [-0.05, 0) is 38.0 Å². The summed E-state index contributed by atoms with van der Waals surface area (Å²) < 4.78 is 0. The molecule has 3 rings (SSSR count). The van der Waals surface area contributed by atoms with Gasteiger partial charge in [-0.2, -0.15) is 0 Å². The number of carboxylic acids is 1. The fourth-order valence-electron chi connectivity index (χ4n) is 3.34. The maximum absolute atomic E-state index is 12.3. The molecule has 2 aliphatic carbocycles. The molecule has 6 nitrogen and oxygen atoms in total. The molecule has 1 aliphatic heterocycles. The molecule has 6 heteroatoms. The van der Waals surface area contributed by atoms with Gasteiger partial charge in [-0.15, -0.1) is 0 Å². The van der Waals surface area contributed by atoms with Gasteiger partial charge in [0.1, 0.15) is 0 Å². The van der Waals surface area contributed by atoms with Gasteiger partial charge in [-0.3, -0.25) is 9.69 Å². The van der Waals surface area contributed by atoms with Crippen LogP contribution in [0.4, 0.5) is 4.79 Å². The number of piperazine rings is 1. The number of hydrogen-bond donors (Lipinski definition) is 2. The molecule has 118 valence electrons. The highest BCUT2D eigenvalue weighted by Crippen LogP contribution is 2.35. The van der Waals surface area contributed by atoms with Crippen molar-refractivity contribution in [2.24, 2.45) is 5.92 Å². The summed E-state index contributed by atoms with van der Waals surface area (Å²) in [7, 11) is 0. The monoisotopic (exact) mass is 295 g/mol. The zero-order valence-corrected chi connectivity index (χ0v) is 12.5. The normalized spacial score (nSPS) is 25.2. The lowest BCUT2D eigenvalue weighted by Crippen LogP contribution is -2.60. The van der Waals surface area contributed by atoms with E-state index in [0.29, 0.717) is 0 Å². The van der Waals surface area contributed by atoms with Gasteiger partial charge in [0.2, 0.25) is 0 Å². The van der Waals surface area contributed by atoms with Crippen molar-refractivity contribution in [1.82, 2.24) is 15.1 Å². The third-order valence-corrected chi connectivity index (χ3v) is 5.05. The Bertz CT molecular complexity index is 410. The van der Waals surface area contributed by atoms with Gasteiger partial charge in [0.05, 0.1) is 12.0 Å². The van der Waals surface area contributed by atoms with Crippen LogP contribution in [0.15, 0.2) is 0 Å². The van der Waals surface area contributed by atoms with E-state index in [1.165, 1.54) is 19.4 Å². The molecule has 1 saturated heterocycles. The molecule has 3 aliphatic rings. The van der Waals surface area contributed by atoms with Crippen LogP contribution in [0, 0.1) is 5.92 Å². The third kappa shape index (κ3) is 3.67. The highest BCUT2D eigenvalue weighted by Gasteiger charge is 2.41. The molecule has 2 saturated carbocycles. The Morgan fingerprint density at radius 1 is 1.14 bits per heavy atom. The van der Waals surface area contributed by atoms with Crippen LogP contribution in [0.5, 0.6) is 0 Å². The van der Waals surface area contributed by atoms with Gasteiger partial charge in [-0.1, -0.05) is 0 Å². The molecule has 2 amide bonds. The summed E-state index contributed by atoms with van der Waals surface area (Å²) in [4.78, 5) is 27.6. The van der Waals surface area contributed by atoms with E-state index in [9.17, 15) is 9.59 Å². The first-order valence-corrected chi connectivity index (χ1v) is 8.08. The lowest BCUT2D eigenvalue weighted by atomic mass is 9.74. The van der Waals surface area contributed by atoms with Crippen LogP contribution in [-0.2, 0) is 4.79 Å². The second-order valence-corrected chi connectivity index (χ2v) is 6.87. The van der Waals surface area contributed by atoms with Crippen LogP contribution in [0.2, 0.25) is 0 Å². The summed E-state index contributed by atoms with van der Waals surface area (Å²) in [5.41, 5.74) is -0.492. The number of nitrogens with zero attached hydrogens (tertiary/aromatic N) is 2. The molecule has 1 heterocycles. The van der Waals surface area contributed by atoms with Crippen LogP contribution in [-0.4, -0.2) is 65.2 Å². The number of carbonyl (C=O) groups is 2. The first-order chi connectivity index (χ1) is 10.1. The lowest BCUT2D eigenvalue weighted by Gasteiger charge is -2.44. The molecule has 0 spiro atoms. The predicted octanol–water partition coefficient (Wildman–Crippen LogP) is 1.12. The molecule has 0 radical (unpaired) electrons. The summed E-state index contributed by atoms with van der Waals surface area (Å²) in [5, 5.41) is 12.0. The number of urea groups is 1. The predicted molar refractivity (Wildman–Crippen MR) is 78.1 cm³/mol. The van der Waals surface area contributed by atoms with E-state index in [1.807, 2.05) is 4.90 Å². The highest BCUT2D eigenvalue weighted by atomic mass is 16.4. The molecule has 21 heavy (non-hydrogen) atoms. The van der Waals surface area contributed by atoms with Crippen molar-refractivity contribution in [1.29, 1.82) is 0 Å². The van der Waals surface area contributed by atoms with Crippen molar-refractivity contribution in [3.63, 3.8) is 0 Å². The number of carboxylic acid groups (broad SMARTS) is 1. The van der Waals surface area contributed by atoms with Gasteiger partial charge in [-0.25, -0.2) is 4.79 Å². The molecule has 0 aromatic heterocycles. The maximum Gasteiger partial charge on any atom is 0.317 e. The first kappa shape index (κ1) is 14.6. The number of aliphatic carboxylic acids is 1. The molecule has 0 aromatic rings. The van der Waals surface area contributed by atoms with Gasteiger partial charge in [0.15, 0.2) is 0 Å². The van der Waals surface area contributed by atoms with Crippen molar-refractivity contribution >= 4 is 12.0 Å². The van der Waals surface area contributed by atoms with E-state index in [2.05, 4.69) is 10.2 Å². The zero-order valence-electron chi connectivity index (χ0n) is 12.5. The summed E-state index contributed by atoms with van der Waals surface area (Å²) in [6, 6.07) is -0.0815. The fraction of sp³-hybridized carbons (Fsp3) is 0.867. The van der Waals surface area contributed by atoms with E-state index in [-0.39, 0.29) is 12.5 Å². The number of carbonyl (C=O) groups excluding carboxylic acids is 1. The standard InChI is InChI=1S/C15H25N3O3/c19-13(20)10-15(4-1-5-15)16-14(21)18-8-6-17(7-9-18)11-12-2-3-12/h12H,1-11H2,(H,16,21)(H,19,20). The van der Waals surface area contributed by atoms with Crippen molar-refractivity contribution in [2.45, 2.75) is 44.1 Å². The van der Waals surface area contributed by atoms with Crippen molar-refractivity contribution in [3.05, 3.63) is 0 Å². The smallest absolute Gasteiger partial charge is 0.317 e. The minimum Gasteiger partial charge on any atom is -0.481 e. The minimum atomic E-state index is -0.829. The van der Waals surface area contributed by atoms with E-state index in [0.717, 1.165) is 51.4 Å². The van der Waals surface area contributed by atoms with Crippen LogP contribution in [0.1, 0.15) is 38.5 Å². The Balaban J connectivity index is 1.46. The Labute approximate surface area is 125 Å². The van der Waals surface area contributed by atoms with E-state index in [4.69, 9.17) is 5.11 Å². The molecular formula is C15H25N3O3. The SMILES string of the molecule is O=C(O)CC1(NC(=O)N2CCN(CC3CC3)CC2)CCC1. The second-order valence-electron chi connectivity index (χ2n) is 6.87. The quantitative estimate of drug-likeness (QED) is 0.797. The molecule has 3 fully saturated rings. The molecule has 0 aromatic carbocycles.